The molecule has 0 amide bonds. The van der Waals surface area contributed by atoms with Crippen molar-refractivity contribution >= 4 is 32.7 Å². The van der Waals surface area contributed by atoms with Gasteiger partial charge < -0.3 is 4.90 Å². The molecular formula is C20H18N4O2S2. The molecule has 2 aromatic carbocycles. The normalized spacial score (nSPS) is 16.4. The number of nitrogens with one attached hydrogen (secondary N) is 1. The molecule has 0 saturated heterocycles. The van der Waals surface area contributed by atoms with Gasteiger partial charge in [0.2, 0.25) is 10.0 Å². The minimum Gasteiger partial charge on any atom is -0.365 e. The van der Waals surface area contributed by atoms with Gasteiger partial charge in [-0.3, -0.25) is 4.98 Å². The van der Waals surface area contributed by atoms with Gasteiger partial charge in [0.1, 0.15) is 0 Å². The quantitative estimate of drug-likeness (QED) is 0.653. The van der Waals surface area contributed by atoms with Gasteiger partial charge in [0.25, 0.3) is 0 Å². The number of nitrogens with zero attached hydrogens (tertiary/aromatic N) is 3. The first-order valence-electron chi connectivity index (χ1n) is 8.75. The van der Waals surface area contributed by atoms with Crippen molar-refractivity contribution < 1.29 is 8.42 Å². The summed E-state index contributed by atoms with van der Waals surface area (Å²) in [6, 6.07) is 13.7. The molecule has 1 N–H and O–H groups in total. The highest BCUT2D eigenvalue weighted by Gasteiger charge is 2.28. The number of benzene rings is 2. The molecule has 28 heavy (non-hydrogen) atoms. The fourth-order valence-corrected chi connectivity index (χ4v) is 5.29. The summed E-state index contributed by atoms with van der Waals surface area (Å²) in [5.74, 6) is 0. The largest absolute Gasteiger partial charge is 0.365 e. The van der Waals surface area contributed by atoms with Crippen molar-refractivity contribution in [3.8, 4) is 0 Å². The molecule has 1 atom stereocenters. The molecule has 0 radical (unpaired) electrons. The van der Waals surface area contributed by atoms with Crippen molar-refractivity contribution in [3.63, 3.8) is 0 Å². The van der Waals surface area contributed by atoms with E-state index in [2.05, 4.69) is 19.5 Å². The summed E-state index contributed by atoms with van der Waals surface area (Å²) in [6.07, 6.45) is 2.37. The molecule has 1 aliphatic heterocycles. The van der Waals surface area contributed by atoms with Crippen LogP contribution in [-0.4, -0.2) is 26.0 Å². The van der Waals surface area contributed by atoms with E-state index >= 15 is 0 Å². The Balaban J connectivity index is 1.63. The summed E-state index contributed by atoms with van der Waals surface area (Å²) >= 11 is 1.57. The summed E-state index contributed by atoms with van der Waals surface area (Å²) in [5, 5.41) is 0. The molecule has 0 aliphatic carbocycles. The van der Waals surface area contributed by atoms with Crippen LogP contribution in [0.15, 0.2) is 65.1 Å². The van der Waals surface area contributed by atoms with E-state index in [0.717, 1.165) is 16.1 Å². The second-order valence-electron chi connectivity index (χ2n) is 6.61. The van der Waals surface area contributed by atoms with Crippen LogP contribution < -0.4 is 9.62 Å². The van der Waals surface area contributed by atoms with Gasteiger partial charge in [-0.25, -0.2) is 18.0 Å². The Labute approximate surface area is 168 Å². The van der Waals surface area contributed by atoms with Crippen molar-refractivity contribution in [1.29, 1.82) is 0 Å². The standard InChI is InChI=1S/C20H18N4O2S2/c1-21-16-7-8-20-15(9-16)10-17(12-24(20)13-18-11-22-14-27-18)23-28(25,26)19-5-3-2-4-6-19/h2-9,11,14,17,23H,10,12-13H2/t17-/m0/s1. The van der Waals surface area contributed by atoms with Crippen LogP contribution >= 0.6 is 11.3 Å². The van der Waals surface area contributed by atoms with Crippen LogP contribution in [0.5, 0.6) is 0 Å². The molecule has 142 valence electrons. The maximum Gasteiger partial charge on any atom is 0.240 e. The predicted molar refractivity (Wildman–Crippen MR) is 110 cm³/mol. The Morgan fingerprint density at radius 2 is 2.07 bits per heavy atom. The van der Waals surface area contributed by atoms with Gasteiger partial charge in [0.05, 0.1) is 23.5 Å². The Hall–Kier alpha value is -2.73. The second-order valence-corrected chi connectivity index (χ2v) is 9.29. The SMILES string of the molecule is [C-]#[N+]c1ccc2c(c1)C[C@H](NS(=O)(=O)c1ccccc1)CN2Cc1cncs1. The summed E-state index contributed by atoms with van der Waals surface area (Å²) in [7, 11) is -3.61. The number of sulfonamides is 1. The number of aromatic nitrogens is 1. The maximum atomic E-state index is 12.8. The molecular weight excluding hydrogens is 392 g/mol. The monoisotopic (exact) mass is 410 g/mol. The van der Waals surface area contributed by atoms with Crippen LogP contribution in [-0.2, 0) is 23.0 Å². The smallest absolute Gasteiger partial charge is 0.240 e. The Kier molecular flexibility index (Phi) is 5.13. The van der Waals surface area contributed by atoms with Crippen molar-refractivity contribution in [2.45, 2.75) is 23.9 Å². The molecule has 0 unspecified atom stereocenters. The summed E-state index contributed by atoms with van der Waals surface area (Å²) < 4.78 is 28.4. The third-order valence-corrected chi connectivity index (χ3v) is 6.95. The van der Waals surface area contributed by atoms with E-state index in [1.54, 1.807) is 53.2 Å². The number of hydrogen-bond acceptors (Lipinski definition) is 5. The van der Waals surface area contributed by atoms with Crippen LogP contribution in [0.4, 0.5) is 11.4 Å². The van der Waals surface area contributed by atoms with Crippen LogP contribution in [0, 0.1) is 6.57 Å². The first-order chi connectivity index (χ1) is 13.5. The first-order valence-corrected chi connectivity index (χ1v) is 11.1. The van der Waals surface area contributed by atoms with Crippen LogP contribution in [0.2, 0.25) is 0 Å². The zero-order valence-corrected chi connectivity index (χ0v) is 16.6. The van der Waals surface area contributed by atoms with Crippen molar-refractivity contribution in [3.05, 3.63) is 82.1 Å². The number of thiazole rings is 1. The zero-order chi connectivity index (χ0) is 19.6. The molecule has 0 saturated carbocycles. The van der Waals surface area contributed by atoms with Crippen LogP contribution in [0.25, 0.3) is 4.85 Å². The maximum absolute atomic E-state index is 12.8. The van der Waals surface area contributed by atoms with Crippen LogP contribution in [0.3, 0.4) is 0 Å². The van der Waals surface area contributed by atoms with E-state index in [9.17, 15) is 8.42 Å². The number of anilines is 1. The molecule has 0 fully saturated rings. The van der Waals surface area contributed by atoms with Crippen molar-refractivity contribution in [2.24, 2.45) is 0 Å². The summed E-state index contributed by atoms with van der Waals surface area (Å²) in [6.45, 7) is 8.47. The van der Waals surface area contributed by atoms with E-state index in [1.807, 2.05) is 18.3 Å². The zero-order valence-electron chi connectivity index (χ0n) is 14.9. The lowest BCUT2D eigenvalue weighted by Crippen LogP contribution is -2.47. The topological polar surface area (TPSA) is 66.7 Å². The highest BCUT2D eigenvalue weighted by Crippen LogP contribution is 2.32. The van der Waals surface area contributed by atoms with Crippen molar-refractivity contribution in [2.75, 3.05) is 11.4 Å². The van der Waals surface area contributed by atoms with E-state index in [0.29, 0.717) is 25.2 Å². The average molecular weight is 411 g/mol. The molecule has 1 aliphatic rings. The highest BCUT2D eigenvalue weighted by molar-refractivity contribution is 7.89. The van der Waals surface area contributed by atoms with E-state index in [-0.39, 0.29) is 10.9 Å². The fourth-order valence-electron chi connectivity index (χ4n) is 3.43. The Morgan fingerprint density at radius 1 is 1.25 bits per heavy atom. The summed E-state index contributed by atoms with van der Waals surface area (Å²) in [4.78, 5) is 11.2. The van der Waals surface area contributed by atoms with Gasteiger partial charge in [-0.2, -0.15) is 0 Å². The van der Waals surface area contributed by atoms with E-state index < -0.39 is 10.0 Å². The predicted octanol–water partition coefficient (Wildman–Crippen LogP) is 3.60. The van der Waals surface area contributed by atoms with Crippen LogP contribution in [0.1, 0.15) is 10.4 Å². The third-order valence-electron chi connectivity index (χ3n) is 4.65. The van der Waals surface area contributed by atoms with E-state index in [4.69, 9.17) is 6.57 Å². The van der Waals surface area contributed by atoms with Gasteiger partial charge in [0.15, 0.2) is 5.69 Å². The third kappa shape index (κ3) is 3.92. The minimum absolute atomic E-state index is 0.254. The lowest BCUT2D eigenvalue weighted by molar-refractivity contribution is 0.525. The second kappa shape index (κ2) is 7.72. The van der Waals surface area contributed by atoms with Gasteiger partial charge in [-0.1, -0.05) is 30.3 Å². The van der Waals surface area contributed by atoms with Gasteiger partial charge in [-0.05, 0) is 30.2 Å². The Bertz CT molecular complexity index is 1110. The minimum atomic E-state index is -3.61. The molecule has 2 heterocycles. The fraction of sp³-hybridized carbons (Fsp3) is 0.200. The lowest BCUT2D eigenvalue weighted by Gasteiger charge is -2.36. The number of rotatable bonds is 5. The molecule has 0 spiro atoms. The first kappa shape index (κ1) is 18.6. The Morgan fingerprint density at radius 3 is 2.79 bits per heavy atom. The molecule has 8 heteroatoms. The molecule has 4 rings (SSSR count). The van der Waals surface area contributed by atoms with Gasteiger partial charge >= 0.3 is 0 Å². The molecule has 1 aromatic heterocycles. The van der Waals surface area contributed by atoms with Crippen molar-refractivity contribution in [1.82, 2.24) is 9.71 Å². The van der Waals surface area contributed by atoms with Gasteiger partial charge in [0, 0.05) is 29.3 Å². The molecule has 3 aromatic rings. The van der Waals surface area contributed by atoms with E-state index in [1.165, 1.54) is 0 Å². The molecule has 6 nitrogen and oxygen atoms in total. The number of fused-ring (bicyclic) bond motifs is 1. The highest BCUT2D eigenvalue weighted by atomic mass is 32.2. The summed E-state index contributed by atoms with van der Waals surface area (Å²) in [5.41, 5.74) is 4.36. The number of hydrogen-bond donors (Lipinski definition) is 1. The lowest BCUT2D eigenvalue weighted by atomic mass is 9.98. The average Bonchev–Trinajstić information content (AvgIpc) is 3.21. The van der Waals surface area contributed by atoms with Gasteiger partial charge in [-0.15, -0.1) is 11.3 Å². The molecule has 0 bridgehead atoms.